The maximum atomic E-state index is 12.5. The van der Waals surface area contributed by atoms with Crippen LogP contribution >= 0.6 is 0 Å². The fraction of sp³-hybridized carbons (Fsp3) is 0.462. The molecule has 32 heavy (non-hydrogen) atoms. The van der Waals surface area contributed by atoms with Crippen molar-refractivity contribution in [3.05, 3.63) is 71.8 Å². The van der Waals surface area contributed by atoms with E-state index in [1.54, 1.807) is 0 Å². The monoisotopic (exact) mass is 436 g/mol. The average Bonchev–Trinajstić information content (AvgIpc) is 2.82. The number of hydrogen-bond donors (Lipinski definition) is 2. The number of carbonyl (C=O) groups is 2. The largest absolute Gasteiger partial charge is 0.340 e. The molecule has 2 amide bonds. The Hall–Kier alpha value is -2.70. The molecule has 2 N–H and O–H groups in total. The van der Waals surface area contributed by atoms with Crippen LogP contribution in [0.15, 0.2) is 60.7 Å². The number of nitrogens with zero attached hydrogens (tertiary/aromatic N) is 2. The number of piperazine rings is 1. The molecular formula is C26H36N4O2. The molecule has 1 fully saturated rings. The highest BCUT2D eigenvalue weighted by molar-refractivity contribution is 5.79. The third-order valence-corrected chi connectivity index (χ3v) is 6.07. The van der Waals surface area contributed by atoms with E-state index >= 15 is 0 Å². The Morgan fingerprint density at radius 3 is 1.34 bits per heavy atom. The lowest BCUT2D eigenvalue weighted by molar-refractivity contribution is -0.124. The summed E-state index contributed by atoms with van der Waals surface area (Å²) in [6, 6.07) is 19.7. The average molecular weight is 437 g/mol. The predicted molar refractivity (Wildman–Crippen MR) is 128 cm³/mol. The van der Waals surface area contributed by atoms with E-state index in [-0.39, 0.29) is 24.1 Å². The molecule has 2 unspecified atom stereocenters. The second-order valence-electron chi connectivity index (χ2n) is 8.38. The first-order valence-corrected chi connectivity index (χ1v) is 11.7. The van der Waals surface area contributed by atoms with Gasteiger partial charge in [-0.3, -0.25) is 19.4 Å². The lowest BCUT2D eigenvalue weighted by Crippen LogP contribution is -2.60. The zero-order chi connectivity index (χ0) is 22.8. The molecule has 2 aromatic carbocycles. The van der Waals surface area contributed by atoms with Gasteiger partial charge in [0.15, 0.2) is 0 Å². The van der Waals surface area contributed by atoms with Gasteiger partial charge in [-0.15, -0.1) is 0 Å². The van der Waals surface area contributed by atoms with Crippen LogP contribution in [0.2, 0.25) is 0 Å². The standard InChI is InChI=1S/C26H36N4O2/c1-3-23(27-25(31)19-21-11-7-5-8-12-21)29-15-17-30(18-16-29)24(4-2)28-26(32)20-22-13-9-6-10-14-22/h5-14,23-24H,3-4,15-20H2,1-2H3,(H,27,31)(H,28,32). The van der Waals surface area contributed by atoms with Gasteiger partial charge in [0.05, 0.1) is 25.2 Å². The van der Waals surface area contributed by atoms with E-state index in [9.17, 15) is 9.59 Å². The molecule has 1 aliphatic heterocycles. The highest BCUT2D eigenvalue weighted by atomic mass is 16.2. The van der Waals surface area contributed by atoms with Crippen molar-refractivity contribution in [1.29, 1.82) is 0 Å². The summed E-state index contributed by atoms with van der Waals surface area (Å²) in [6.07, 6.45) is 2.63. The van der Waals surface area contributed by atoms with E-state index in [4.69, 9.17) is 0 Å². The molecule has 1 heterocycles. The van der Waals surface area contributed by atoms with Crippen molar-refractivity contribution in [2.45, 2.75) is 51.9 Å². The van der Waals surface area contributed by atoms with Crippen molar-refractivity contribution in [2.75, 3.05) is 26.2 Å². The minimum atomic E-state index is 0.0427. The molecule has 6 heteroatoms. The number of benzene rings is 2. The van der Waals surface area contributed by atoms with Crippen LogP contribution in [0.1, 0.15) is 37.8 Å². The maximum Gasteiger partial charge on any atom is 0.225 e. The zero-order valence-electron chi connectivity index (χ0n) is 19.3. The van der Waals surface area contributed by atoms with Gasteiger partial charge in [0.2, 0.25) is 11.8 Å². The molecule has 2 aromatic rings. The number of rotatable bonds is 10. The Kier molecular flexibility index (Phi) is 9.26. The second kappa shape index (κ2) is 12.4. The number of amides is 2. The summed E-state index contributed by atoms with van der Waals surface area (Å²) in [5, 5.41) is 6.40. The van der Waals surface area contributed by atoms with Crippen molar-refractivity contribution < 1.29 is 9.59 Å². The molecule has 0 radical (unpaired) electrons. The second-order valence-corrected chi connectivity index (χ2v) is 8.38. The summed E-state index contributed by atoms with van der Waals surface area (Å²) in [7, 11) is 0. The van der Waals surface area contributed by atoms with Crippen LogP contribution in [0.5, 0.6) is 0 Å². The van der Waals surface area contributed by atoms with Gasteiger partial charge in [-0.2, -0.15) is 0 Å². The normalized spacial score (nSPS) is 16.8. The summed E-state index contributed by atoms with van der Waals surface area (Å²) >= 11 is 0. The summed E-state index contributed by atoms with van der Waals surface area (Å²) in [6.45, 7) is 7.70. The van der Waals surface area contributed by atoms with E-state index in [1.807, 2.05) is 60.7 Å². The number of carbonyl (C=O) groups excluding carboxylic acids is 2. The topological polar surface area (TPSA) is 64.7 Å². The van der Waals surface area contributed by atoms with Crippen LogP contribution < -0.4 is 10.6 Å². The molecule has 0 spiro atoms. The predicted octanol–water partition coefficient (Wildman–Crippen LogP) is 2.79. The van der Waals surface area contributed by atoms with Crippen molar-refractivity contribution in [3.8, 4) is 0 Å². The van der Waals surface area contributed by atoms with Gasteiger partial charge in [0, 0.05) is 26.2 Å². The Morgan fingerprint density at radius 2 is 1.03 bits per heavy atom. The third-order valence-electron chi connectivity index (χ3n) is 6.07. The van der Waals surface area contributed by atoms with Crippen LogP contribution in [0, 0.1) is 0 Å². The molecule has 3 rings (SSSR count). The molecule has 0 saturated carbocycles. The van der Waals surface area contributed by atoms with Gasteiger partial charge in [-0.25, -0.2) is 0 Å². The molecule has 0 aliphatic carbocycles. The summed E-state index contributed by atoms with van der Waals surface area (Å²) in [5.74, 6) is 0.121. The third kappa shape index (κ3) is 7.18. The number of nitrogens with one attached hydrogen (secondary N) is 2. The summed E-state index contributed by atoms with van der Waals surface area (Å²) < 4.78 is 0. The Bertz CT molecular complexity index is 764. The summed E-state index contributed by atoms with van der Waals surface area (Å²) in [4.78, 5) is 29.7. The highest BCUT2D eigenvalue weighted by Gasteiger charge is 2.27. The van der Waals surface area contributed by atoms with Crippen molar-refractivity contribution in [1.82, 2.24) is 20.4 Å². The van der Waals surface area contributed by atoms with Gasteiger partial charge < -0.3 is 10.6 Å². The first kappa shape index (κ1) is 24.0. The number of hydrogen-bond acceptors (Lipinski definition) is 4. The van der Waals surface area contributed by atoms with Gasteiger partial charge >= 0.3 is 0 Å². The van der Waals surface area contributed by atoms with Crippen molar-refractivity contribution in [2.24, 2.45) is 0 Å². The Labute approximate surface area is 192 Å². The molecule has 2 atom stereocenters. The van der Waals surface area contributed by atoms with E-state index in [0.717, 1.165) is 50.1 Å². The fourth-order valence-electron chi connectivity index (χ4n) is 4.30. The Morgan fingerprint density at radius 1 is 0.688 bits per heavy atom. The maximum absolute atomic E-state index is 12.5. The van der Waals surface area contributed by atoms with Crippen LogP contribution in [-0.2, 0) is 22.4 Å². The molecule has 0 bridgehead atoms. The molecular weight excluding hydrogens is 400 g/mol. The molecule has 1 aliphatic rings. The lowest BCUT2D eigenvalue weighted by Gasteiger charge is -2.42. The van der Waals surface area contributed by atoms with Crippen LogP contribution in [0.25, 0.3) is 0 Å². The van der Waals surface area contributed by atoms with Crippen LogP contribution in [0.3, 0.4) is 0 Å². The van der Waals surface area contributed by atoms with Crippen LogP contribution in [-0.4, -0.2) is 60.1 Å². The lowest BCUT2D eigenvalue weighted by atomic mass is 10.1. The van der Waals surface area contributed by atoms with E-state index < -0.39 is 0 Å². The minimum absolute atomic E-state index is 0.0427. The van der Waals surface area contributed by atoms with Crippen molar-refractivity contribution >= 4 is 11.8 Å². The SMILES string of the molecule is CCC(NC(=O)Cc1ccccc1)N1CCN(C(CC)NC(=O)Cc2ccccc2)CC1. The van der Waals surface area contributed by atoms with Gasteiger partial charge in [0.25, 0.3) is 0 Å². The minimum Gasteiger partial charge on any atom is -0.340 e. The van der Waals surface area contributed by atoms with Crippen LogP contribution in [0.4, 0.5) is 0 Å². The highest BCUT2D eigenvalue weighted by Crippen LogP contribution is 2.12. The zero-order valence-corrected chi connectivity index (χ0v) is 19.3. The Balaban J connectivity index is 1.46. The first-order valence-electron chi connectivity index (χ1n) is 11.7. The summed E-state index contributed by atoms with van der Waals surface area (Å²) in [5.41, 5.74) is 2.06. The molecule has 6 nitrogen and oxygen atoms in total. The fourth-order valence-corrected chi connectivity index (χ4v) is 4.30. The molecule has 0 aromatic heterocycles. The van der Waals surface area contributed by atoms with Gasteiger partial charge in [0.1, 0.15) is 0 Å². The van der Waals surface area contributed by atoms with Gasteiger partial charge in [-0.1, -0.05) is 74.5 Å². The van der Waals surface area contributed by atoms with E-state index in [0.29, 0.717) is 12.8 Å². The van der Waals surface area contributed by atoms with E-state index in [1.165, 1.54) is 0 Å². The van der Waals surface area contributed by atoms with Crippen molar-refractivity contribution in [3.63, 3.8) is 0 Å². The van der Waals surface area contributed by atoms with E-state index in [2.05, 4.69) is 34.3 Å². The molecule has 172 valence electrons. The molecule has 1 saturated heterocycles. The van der Waals surface area contributed by atoms with Gasteiger partial charge in [-0.05, 0) is 24.0 Å². The quantitative estimate of drug-likeness (QED) is 0.601. The first-order chi connectivity index (χ1) is 15.6. The smallest absolute Gasteiger partial charge is 0.225 e.